The molecule has 0 spiro atoms. The fraction of sp³-hybridized carbons (Fsp3) is 0.625. The van der Waals surface area contributed by atoms with Gasteiger partial charge in [0.1, 0.15) is 5.82 Å². The van der Waals surface area contributed by atoms with Crippen LogP contribution in [0.1, 0.15) is 44.6 Å². The zero-order valence-corrected chi connectivity index (χ0v) is 12.4. The average molecular weight is 275 g/mol. The maximum absolute atomic E-state index is 11.7. The lowest BCUT2D eigenvalue weighted by molar-refractivity contribution is -0.121. The molecule has 1 saturated heterocycles. The smallest absolute Gasteiger partial charge is 0.220 e. The van der Waals surface area contributed by atoms with Gasteiger partial charge in [0.2, 0.25) is 5.91 Å². The van der Waals surface area contributed by atoms with Crippen LogP contribution in [0.15, 0.2) is 18.3 Å². The highest BCUT2D eigenvalue weighted by Gasteiger charge is 2.13. The van der Waals surface area contributed by atoms with E-state index in [0.717, 1.165) is 44.7 Å². The molecule has 1 fully saturated rings. The molecule has 0 radical (unpaired) electrons. The van der Waals surface area contributed by atoms with E-state index in [0.29, 0.717) is 6.42 Å². The van der Waals surface area contributed by atoms with Crippen LogP contribution >= 0.6 is 0 Å². The van der Waals surface area contributed by atoms with Crippen molar-refractivity contribution in [2.75, 3.05) is 24.5 Å². The van der Waals surface area contributed by atoms with Gasteiger partial charge in [-0.3, -0.25) is 4.79 Å². The lowest BCUT2D eigenvalue weighted by atomic mass is 10.1. The van der Waals surface area contributed by atoms with Gasteiger partial charge in [-0.25, -0.2) is 4.98 Å². The number of aryl methyl sites for hydroxylation is 1. The van der Waals surface area contributed by atoms with Crippen LogP contribution in [0.25, 0.3) is 0 Å². The molecule has 1 aliphatic heterocycles. The van der Waals surface area contributed by atoms with Gasteiger partial charge in [0.05, 0.1) is 0 Å². The first kappa shape index (κ1) is 14.8. The Kier molecular flexibility index (Phi) is 5.84. The molecule has 20 heavy (non-hydrogen) atoms. The van der Waals surface area contributed by atoms with E-state index in [4.69, 9.17) is 0 Å². The van der Waals surface area contributed by atoms with Gasteiger partial charge < -0.3 is 10.2 Å². The largest absolute Gasteiger partial charge is 0.357 e. The Morgan fingerprint density at radius 1 is 1.40 bits per heavy atom. The van der Waals surface area contributed by atoms with Crippen LogP contribution in [-0.4, -0.2) is 30.5 Å². The van der Waals surface area contributed by atoms with Gasteiger partial charge in [-0.1, -0.05) is 13.3 Å². The SMILES string of the molecule is CCCCNC(=O)CCc1ccnc(N2CCCC2)c1. The number of unbranched alkanes of at least 4 members (excludes halogenated alkanes) is 1. The molecule has 1 aromatic heterocycles. The Morgan fingerprint density at radius 3 is 2.95 bits per heavy atom. The molecule has 4 heteroatoms. The minimum absolute atomic E-state index is 0.151. The predicted molar refractivity (Wildman–Crippen MR) is 81.9 cm³/mol. The Labute approximate surface area is 121 Å². The van der Waals surface area contributed by atoms with Gasteiger partial charge in [-0.15, -0.1) is 0 Å². The molecule has 0 aliphatic carbocycles. The number of nitrogens with zero attached hydrogens (tertiary/aromatic N) is 2. The summed E-state index contributed by atoms with van der Waals surface area (Å²) in [5, 5.41) is 2.96. The number of hydrogen-bond acceptors (Lipinski definition) is 3. The van der Waals surface area contributed by atoms with E-state index in [2.05, 4.69) is 28.2 Å². The summed E-state index contributed by atoms with van der Waals surface area (Å²) in [5.74, 6) is 1.21. The van der Waals surface area contributed by atoms with Gasteiger partial charge >= 0.3 is 0 Å². The number of pyridine rings is 1. The summed E-state index contributed by atoms with van der Waals surface area (Å²) in [4.78, 5) is 18.5. The highest BCUT2D eigenvalue weighted by Crippen LogP contribution is 2.19. The number of rotatable bonds is 7. The zero-order valence-electron chi connectivity index (χ0n) is 12.4. The van der Waals surface area contributed by atoms with Gasteiger partial charge in [0.25, 0.3) is 0 Å². The van der Waals surface area contributed by atoms with Crippen molar-refractivity contribution in [3.8, 4) is 0 Å². The number of hydrogen-bond donors (Lipinski definition) is 1. The molecule has 1 amide bonds. The van der Waals surface area contributed by atoms with Gasteiger partial charge in [0.15, 0.2) is 0 Å². The van der Waals surface area contributed by atoms with Gasteiger partial charge in [-0.2, -0.15) is 0 Å². The molecule has 0 saturated carbocycles. The average Bonchev–Trinajstić information content (AvgIpc) is 3.00. The molecule has 110 valence electrons. The maximum atomic E-state index is 11.7. The highest BCUT2D eigenvalue weighted by atomic mass is 16.1. The number of aromatic nitrogens is 1. The van der Waals surface area contributed by atoms with Crippen molar-refractivity contribution in [1.82, 2.24) is 10.3 Å². The minimum Gasteiger partial charge on any atom is -0.357 e. The normalized spacial score (nSPS) is 14.6. The first-order valence-electron chi connectivity index (χ1n) is 7.76. The Morgan fingerprint density at radius 2 is 2.20 bits per heavy atom. The fourth-order valence-corrected chi connectivity index (χ4v) is 2.49. The molecule has 1 aromatic rings. The van der Waals surface area contributed by atoms with Crippen molar-refractivity contribution in [3.63, 3.8) is 0 Å². The van der Waals surface area contributed by atoms with Crippen LogP contribution in [0.5, 0.6) is 0 Å². The first-order chi connectivity index (χ1) is 9.79. The van der Waals surface area contributed by atoms with Crippen molar-refractivity contribution in [2.45, 2.75) is 45.4 Å². The second kappa shape index (κ2) is 7.88. The first-order valence-corrected chi connectivity index (χ1v) is 7.76. The number of carbonyl (C=O) groups excluding carboxylic acids is 1. The van der Waals surface area contributed by atoms with Crippen LogP contribution in [0.3, 0.4) is 0 Å². The Bertz CT molecular complexity index is 427. The zero-order chi connectivity index (χ0) is 14.2. The summed E-state index contributed by atoms with van der Waals surface area (Å²) in [7, 11) is 0. The van der Waals surface area contributed by atoms with Gasteiger partial charge in [0, 0.05) is 32.3 Å². The van der Waals surface area contributed by atoms with Crippen molar-refractivity contribution in [2.24, 2.45) is 0 Å². The van der Waals surface area contributed by atoms with Crippen LogP contribution in [0.4, 0.5) is 5.82 Å². The lowest BCUT2D eigenvalue weighted by Gasteiger charge is -2.16. The standard InChI is InChI=1S/C16H25N3O/c1-2-3-9-18-16(20)7-6-14-8-10-17-15(13-14)19-11-4-5-12-19/h8,10,13H,2-7,9,11-12H2,1H3,(H,18,20). The van der Waals surface area contributed by atoms with Crippen LogP contribution in [0, 0.1) is 0 Å². The number of amides is 1. The highest BCUT2D eigenvalue weighted by molar-refractivity contribution is 5.76. The van der Waals surface area contributed by atoms with E-state index in [1.54, 1.807) is 0 Å². The van der Waals surface area contributed by atoms with E-state index in [1.807, 2.05) is 12.3 Å². The molecular weight excluding hydrogens is 250 g/mol. The molecule has 0 aromatic carbocycles. The quantitative estimate of drug-likeness (QED) is 0.778. The van der Waals surface area contributed by atoms with Crippen LogP contribution in [-0.2, 0) is 11.2 Å². The second-order valence-corrected chi connectivity index (χ2v) is 5.42. The lowest BCUT2D eigenvalue weighted by Crippen LogP contribution is -2.24. The minimum atomic E-state index is 0.151. The predicted octanol–water partition coefficient (Wildman–Crippen LogP) is 2.53. The molecule has 2 rings (SSSR count). The summed E-state index contributed by atoms with van der Waals surface area (Å²) < 4.78 is 0. The molecule has 0 unspecified atom stereocenters. The molecule has 0 bridgehead atoms. The van der Waals surface area contributed by atoms with Crippen LogP contribution < -0.4 is 10.2 Å². The van der Waals surface area contributed by atoms with E-state index in [9.17, 15) is 4.79 Å². The Balaban J connectivity index is 1.80. The Hall–Kier alpha value is -1.58. The molecule has 1 N–H and O–H groups in total. The van der Waals surface area contributed by atoms with E-state index < -0.39 is 0 Å². The summed E-state index contributed by atoms with van der Waals surface area (Å²) in [6, 6.07) is 4.14. The fourth-order valence-electron chi connectivity index (χ4n) is 2.49. The molecule has 1 aliphatic rings. The molecule has 0 atom stereocenters. The number of anilines is 1. The van der Waals surface area contributed by atoms with E-state index in [-0.39, 0.29) is 5.91 Å². The van der Waals surface area contributed by atoms with Gasteiger partial charge in [-0.05, 0) is 43.4 Å². The summed E-state index contributed by atoms with van der Waals surface area (Å²) >= 11 is 0. The topological polar surface area (TPSA) is 45.2 Å². The van der Waals surface area contributed by atoms with Crippen molar-refractivity contribution >= 4 is 11.7 Å². The summed E-state index contributed by atoms with van der Waals surface area (Å²) in [5.41, 5.74) is 1.20. The molecule has 4 nitrogen and oxygen atoms in total. The third-order valence-electron chi connectivity index (χ3n) is 3.73. The second-order valence-electron chi connectivity index (χ2n) is 5.42. The van der Waals surface area contributed by atoms with Crippen LogP contribution in [0.2, 0.25) is 0 Å². The monoisotopic (exact) mass is 275 g/mol. The van der Waals surface area contributed by atoms with E-state index in [1.165, 1.54) is 18.4 Å². The van der Waals surface area contributed by atoms with E-state index >= 15 is 0 Å². The van der Waals surface area contributed by atoms with Crippen molar-refractivity contribution in [3.05, 3.63) is 23.9 Å². The third-order valence-corrected chi connectivity index (χ3v) is 3.73. The number of carbonyl (C=O) groups is 1. The summed E-state index contributed by atoms with van der Waals surface area (Å²) in [6.45, 7) is 5.13. The number of nitrogens with one attached hydrogen (secondary N) is 1. The van der Waals surface area contributed by atoms with Crippen molar-refractivity contribution < 1.29 is 4.79 Å². The molecule has 2 heterocycles. The van der Waals surface area contributed by atoms with Crippen molar-refractivity contribution in [1.29, 1.82) is 0 Å². The molecular formula is C16H25N3O. The third kappa shape index (κ3) is 4.51. The summed E-state index contributed by atoms with van der Waals surface area (Å²) in [6.07, 6.45) is 7.90. The maximum Gasteiger partial charge on any atom is 0.220 e.